The molecule has 0 bridgehead atoms. The van der Waals surface area contributed by atoms with Crippen LogP contribution in [0.5, 0.6) is 0 Å². The first kappa shape index (κ1) is 18.0. The van der Waals surface area contributed by atoms with E-state index in [9.17, 15) is 9.90 Å². The van der Waals surface area contributed by atoms with Crippen molar-refractivity contribution in [3.8, 4) is 0 Å². The highest BCUT2D eigenvalue weighted by atomic mass is 16.5. The lowest BCUT2D eigenvalue weighted by Gasteiger charge is -2.62. The van der Waals surface area contributed by atoms with Crippen molar-refractivity contribution < 1.29 is 14.6 Å². The minimum absolute atomic E-state index is 0.184. The van der Waals surface area contributed by atoms with E-state index in [-0.39, 0.29) is 29.0 Å². The molecule has 0 radical (unpaired) electrons. The van der Waals surface area contributed by atoms with Gasteiger partial charge in [-0.3, -0.25) is 4.79 Å². The average molecular weight is 349 g/mol. The van der Waals surface area contributed by atoms with Crippen molar-refractivity contribution in [2.24, 2.45) is 40.4 Å². The number of ketones is 1. The number of fused-ring (bicyclic) bond motifs is 5. The Hall–Kier alpha value is -0.410. The maximum Gasteiger partial charge on any atom is 0.133 e. The van der Waals surface area contributed by atoms with Crippen LogP contribution in [0.1, 0.15) is 72.1 Å². The normalized spacial score (nSPS) is 55.2. The summed E-state index contributed by atoms with van der Waals surface area (Å²) in [5, 5.41) is 10.3. The molecule has 0 aromatic carbocycles. The van der Waals surface area contributed by atoms with Crippen molar-refractivity contribution in [3.63, 3.8) is 0 Å². The summed E-state index contributed by atoms with van der Waals surface area (Å²) in [6.45, 7) is 6.69. The molecule has 142 valence electrons. The lowest BCUT2D eigenvalue weighted by atomic mass is 9.44. The van der Waals surface area contributed by atoms with Crippen LogP contribution in [-0.2, 0) is 9.53 Å². The highest BCUT2D eigenvalue weighted by molar-refractivity contribution is 5.79. The molecule has 25 heavy (non-hydrogen) atoms. The first-order valence-electron chi connectivity index (χ1n) is 10.5. The third kappa shape index (κ3) is 2.41. The van der Waals surface area contributed by atoms with Crippen LogP contribution >= 0.6 is 0 Å². The molecule has 0 amide bonds. The molecule has 4 saturated carbocycles. The van der Waals surface area contributed by atoms with Gasteiger partial charge in [-0.2, -0.15) is 0 Å². The lowest BCUT2D eigenvalue weighted by molar-refractivity contribution is -0.189. The number of aliphatic hydroxyl groups is 1. The Morgan fingerprint density at radius 2 is 1.80 bits per heavy atom. The zero-order chi connectivity index (χ0) is 18.0. The third-order valence-electron chi connectivity index (χ3n) is 9.48. The molecule has 9 atom stereocenters. The molecule has 1 N–H and O–H groups in total. The summed E-state index contributed by atoms with van der Waals surface area (Å²) in [5.74, 6) is 3.46. The lowest BCUT2D eigenvalue weighted by Crippen LogP contribution is -2.59. The molecule has 0 aromatic heterocycles. The predicted molar refractivity (Wildman–Crippen MR) is 98.1 cm³/mol. The Bertz CT molecular complexity index is 535. The molecule has 0 heterocycles. The summed E-state index contributed by atoms with van der Waals surface area (Å²) in [6, 6.07) is 0. The summed E-state index contributed by atoms with van der Waals surface area (Å²) < 4.78 is 5.96. The van der Waals surface area contributed by atoms with Crippen molar-refractivity contribution in [3.05, 3.63) is 0 Å². The van der Waals surface area contributed by atoms with Gasteiger partial charge in [0.05, 0.1) is 12.2 Å². The van der Waals surface area contributed by atoms with Gasteiger partial charge in [0.2, 0.25) is 0 Å². The van der Waals surface area contributed by atoms with Gasteiger partial charge < -0.3 is 9.84 Å². The van der Waals surface area contributed by atoms with E-state index < -0.39 is 0 Å². The number of methoxy groups -OCH3 is 1. The number of hydrogen-bond donors (Lipinski definition) is 1. The van der Waals surface area contributed by atoms with E-state index in [1.54, 1.807) is 0 Å². The average Bonchev–Trinajstić information content (AvgIpc) is 2.92. The second-order valence-corrected chi connectivity index (χ2v) is 10.2. The second kappa shape index (κ2) is 6.05. The fourth-order valence-corrected chi connectivity index (χ4v) is 8.29. The van der Waals surface area contributed by atoms with Crippen molar-refractivity contribution >= 4 is 5.78 Å². The van der Waals surface area contributed by atoms with Crippen LogP contribution < -0.4 is 0 Å². The van der Waals surface area contributed by atoms with E-state index >= 15 is 0 Å². The van der Waals surface area contributed by atoms with Crippen molar-refractivity contribution in [1.82, 2.24) is 0 Å². The van der Waals surface area contributed by atoms with Crippen LogP contribution in [0.3, 0.4) is 0 Å². The van der Waals surface area contributed by atoms with Gasteiger partial charge in [0, 0.05) is 19.4 Å². The van der Waals surface area contributed by atoms with Crippen molar-refractivity contribution in [1.29, 1.82) is 0 Å². The van der Waals surface area contributed by atoms with E-state index in [0.717, 1.165) is 25.2 Å². The van der Waals surface area contributed by atoms with E-state index in [1.807, 2.05) is 14.0 Å². The van der Waals surface area contributed by atoms with Crippen LogP contribution in [0, 0.1) is 40.4 Å². The largest absolute Gasteiger partial charge is 0.393 e. The molecular weight excluding hydrogens is 312 g/mol. The van der Waals surface area contributed by atoms with E-state index in [4.69, 9.17) is 4.74 Å². The van der Waals surface area contributed by atoms with Gasteiger partial charge >= 0.3 is 0 Å². The minimum atomic E-state index is -0.193. The molecule has 0 aliphatic heterocycles. The number of aliphatic hydroxyl groups excluding tert-OH is 1. The van der Waals surface area contributed by atoms with Gasteiger partial charge in [-0.05, 0) is 86.4 Å². The molecule has 0 aromatic rings. The smallest absolute Gasteiger partial charge is 0.133 e. The predicted octanol–water partition coefficient (Wildman–Crippen LogP) is 4.22. The maximum atomic E-state index is 12.2. The quantitative estimate of drug-likeness (QED) is 0.813. The Labute approximate surface area is 152 Å². The zero-order valence-electron chi connectivity index (χ0n) is 16.5. The topological polar surface area (TPSA) is 46.5 Å². The number of Topliss-reactive ketones (excluding diaryl/α,β-unsaturated/α-hetero) is 1. The van der Waals surface area contributed by atoms with Crippen LogP contribution in [0.15, 0.2) is 0 Å². The van der Waals surface area contributed by atoms with Crippen LogP contribution in [-0.4, -0.2) is 30.2 Å². The van der Waals surface area contributed by atoms with Gasteiger partial charge in [-0.15, -0.1) is 0 Å². The number of carbonyl (C=O) groups is 1. The first-order chi connectivity index (χ1) is 11.8. The van der Waals surface area contributed by atoms with Gasteiger partial charge in [-0.25, -0.2) is 0 Å². The van der Waals surface area contributed by atoms with Crippen LogP contribution in [0.25, 0.3) is 0 Å². The number of carbonyl (C=O) groups excluding carboxylic acids is 1. The van der Waals surface area contributed by atoms with E-state index in [1.165, 1.54) is 32.1 Å². The highest BCUT2D eigenvalue weighted by Crippen LogP contribution is 2.67. The Kier molecular flexibility index (Phi) is 4.35. The van der Waals surface area contributed by atoms with Gasteiger partial charge in [-0.1, -0.05) is 13.8 Å². The monoisotopic (exact) mass is 348 g/mol. The molecule has 4 fully saturated rings. The second-order valence-electron chi connectivity index (χ2n) is 10.2. The minimum Gasteiger partial charge on any atom is -0.393 e. The fraction of sp³-hybridized carbons (Fsp3) is 0.955. The highest BCUT2D eigenvalue weighted by Gasteiger charge is 2.63. The number of ether oxygens (including phenoxy) is 1. The van der Waals surface area contributed by atoms with Crippen molar-refractivity contribution in [2.45, 2.75) is 84.3 Å². The molecular formula is C22H36O3. The van der Waals surface area contributed by atoms with Gasteiger partial charge in [0.15, 0.2) is 0 Å². The third-order valence-corrected chi connectivity index (χ3v) is 9.48. The summed E-state index contributed by atoms with van der Waals surface area (Å²) in [5.41, 5.74) is 0.430. The van der Waals surface area contributed by atoms with Crippen molar-refractivity contribution in [2.75, 3.05) is 7.11 Å². The summed E-state index contributed by atoms with van der Waals surface area (Å²) >= 11 is 0. The number of rotatable bonds is 2. The standard InChI is InChI=1S/C22H36O3/c1-13(23)17-7-8-18-16-6-5-14-11-15(24)12-20(25-4)22(14,3)19(16)9-10-21(17,18)2/h14-20,24H,5-12H2,1-4H3/t14-,15?,16-,17+,18-,19-,20?,21+,22-/m0/s1. The molecule has 4 rings (SSSR count). The number of hydrogen-bond acceptors (Lipinski definition) is 3. The SMILES string of the molecule is COC1CC(O)C[C@@H]2CC[C@H]3[C@@H]4CC[C@H](C(C)=O)[C@@]4(C)CC[C@@H]3[C@@]12C. The van der Waals surface area contributed by atoms with Crippen LogP contribution in [0.4, 0.5) is 0 Å². The first-order valence-corrected chi connectivity index (χ1v) is 10.5. The maximum absolute atomic E-state index is 12.2. The van der Waals surface area contributed by atoms with Gasteiger partial charge in [0.1, 0.15) is 5.78 Å². The Morgan fingerprint density at radius 1 is 1.04 bits per heavy atom. The summed E-state index contributed by atoms with van der Waals surface area (Å²) in [6.07, 6.45) is 9.04. The zero-order valence-corrected chi connectivity index (χ0v) is 16.5. The molecule has 4 aliphatic carbocycles. The van der Waals surface area contributed by atoms with E-state index in [0.29, 0.717) is 23.5 Å². The Balaban J connectivity index is 1.66. The van der Waals surface area contributed by atoms with Gasteiger partial charge in [0.25, 0.3) is 0 Å². The van der Waals surface area contributed by atoms with Crippen LogP contribution in [0.2, 0.25) is 0 Å². The molecule has 3 nitrogen and oxygen atoms in total. The molecule has 0 spiro atoms. The summed E-state index contributed by atoms with van der Waals surface area (Å²) in [7, 11) is 1.84. The molecule has 0 saturated heterocycles. The Morgan fingerprint density at radius 3 is 2.48 bits per heavy atom. The summed E-state index contributed by atoms with van der Waals surface area (Å²) in [4.78, 5) is 12.2. The van der Waals surface area contributed by atoms with E-state index in [2.05, 4.69) is 13.8 Å². The molecule has 4 aliphatic rings. The fourth-order valence-electron chi connectivity index (χ4n) is 8.29. The molecule has 2 unspecified atom stereocenters. The molecule has 3 heteroatoms.